The lowest BCUT2D eigenvalue weighted by Gasteiger charge is -1.97. The molecular formula is C9H6N2O3S2. The van der Waals surface area contributed by atoms with E-state index in [-0.39, 0.29) is 10.8 Å². The molecular weight excluding hydrogens is 248 g/mol. The molecule has 2 N–H and O–H groups in total. The van der Waals surface area contributed by atoms with Crippen LogP contribution < -0.4 is 5.32 Å². The number of thiophene rings is 1. The molecule has 0 aliphatic carbocycles. The predicted molar refractivity (Wildman–Crippen MR) is 61.3 cm³/mol. The van der Waals surface area contributed by atoms with E-state index in [9.17, 15) is 9.59 Å². The van der Waals surface area contributed by atoms with Crippen LogP contribution in [-0.2, 0) is 0 Å². The van der Waals surface area contributed by atoms with E-state index in [0.717, 1.165) is 11.3 Å². The van der Waals surface area contributed by atoms with E-state index in [1.165, 1.54) is 17.4 Å². The molecule has 0 radical (unpaired) electrons. The van der Waals surface area contributed by atoms with E-state index in [2.05, 4.69) is 10.3 Å². The number of aromatic carboxylic acids is 1. The van der Waals surface area contributed by atoms with Crippen molar-refractivity contribution in [3.05, 3.63) is 33.6 Å². The van der Waals surface area contributed by atoms with Gasteiger partial charge in [0.1, 0.15) is 10.6 Å². The fraction of sp³-hybridized carbons (Fsp3) is 0. The zero-order valence-electron chi connectivity index (χ0n) is 7.84. The number of nitrogens with zero attached hydrogens (tertiary/aromatic N) is 1. The lowest BCUT2D eigenvalue weighted by molar-refractivity contribution is 0.0702. The minimum Gasteiger partial charge on any atom is -0.477 e. The highest BCUT2D eigenvalue weighted by Crippen LogP contribution is 2.22. The molecule has 0 fully saturated rings. The molecule has 1 amide bonds. The van der Waals surface area contributed by atoms with Gasteiger partial charge in [0.15, 0.2) is 0 Å². The van der Waals surface area contributed by atoms with Gasteiger partial charge in [0, 0.05) is 5.38 Å². The maximum Gasteiger partial charge on any atom is 0.345 e. The van der Waals surface area contributed by atoms with Gasteiger partial charge in [0.25, 0.3) is 5.91 Å². The summed E-state index contributed by atoms with van der Waals surface area (Å²) >= 11 is 2.34. The smallest absolute Gasteiger partial charge is 0.345 e. The van der Waals surface area contributed by atoms with Gasteiger partial charge in [-0.15, -0.1) is 22.7 Å². The van der Waals surface area contributed by atoms with Gasteiger partial charge in [-0.1, -0.05) is 0 Å². The van der Waals surface area contributed by atoms with E-state index < -0.39 is 5.97 Å². The first-order valence-electron chi connectivity index (χ1n) is 4.19. The molecule has 16 heavy (non-hydrogen) atoms. The van der Waals surface area contributed by atoms with E-state index in [0.29, 0.717) is 10.7 Å². The molecule has 0 saturated heterocycles. The van der Waals surface area contributed by atoms with Crippen LogP contribution in [0.3, 0.4) is 0 Å². The van der Waals surface area contributed by atoms with Gasteiger partial charge in [-0.05, 0) is 12.1 Å². The fourth-order valence-corrected chi connectivity index (χ4v) is 2.29. The van der Waals surface area contributed by atoms with Gasteiger partial charge in [-0.3, -0.25) is 4.79 Å². The summed E-state index contributed by atoms with van der Waals surface area (Å²) in [5.41, 5.74) is 1.89. The van der Waals surface area contributed by atoms with Gasteiger partial charge in [-0.2, -0.15) is 0 Å². The van der Waals surface area contributed by atoms with Gasteiger partial charge in [0.05, 0.1) is 10.5 Å². The van der Waals surface area contributed by atoms with E-state index >= 15 is 0 Å². The van der Waals surface area contributed by atoms with Crippen molar-refractivity contribution in [2.75, 3.05) is 5.32 Å². The topological polar surface area (TPSA) is 79.3 Å². The van der Waals surface area contributed by atoms with Crippen LogP contribution in [0.1, 0.15) is 20.2 Å². The first-order chi connectivity index (χ1) is 7.66. The van der Waals surface area contributed by atoms with Crippen LogP contribution in [0.4, 0.5) is 5.00 Å². The normalized spacial score (nSPS) is 10.0. The van der Waals surface area contributed by atoms with Crippen LogP contribution in [0.5, 0.6) is 0 Å². The summed E-state index contributed by atoms with van der Waals surface area (Å²) in [4.78, 5) is 26.2. The third kappa shape index (κ3) is 2.26. The Balaban J connectivity index is 2.09. The maximum absolute atomic E-state index is 11.5. The van der Waals surface area contributed by atoms with Crippen LogP contribution >= 0.6 is 22.7 Å². The minimum absolute atomic E-state index is 0.188. The highest BCUT2D eigenvalue weighted by atomic mass is 32.1. The highest BCUT2D eigenvalue weighted by Gasteiger charge is 2.11. The first-order valence-corrected chi connectivity index (χ1v) is 5.95. The summed E-state index contributed by atoms with van der Waals surface area (Å²) in [7, 11) is 0. The average molecular weight is 254 g/mol. The Morgan fingerprint density at radius 1 is 1.38 bits per heavy atom. The Hall–Kier alpha value is -1.73. The van der Waals surface area contributed by atoms with E-state index in [1.54, 1.807) is 17.0 Å². The molecule has 0 atom stereocenters. The molecule has 2 aromatic heterocycles. The zero-order valence-corrected chi connectivity index (χ0v) is 9.47. The van der Waals surface area contributed by atoms with E-state index in [4.69, 9.17) is 5.11 Å². The summed E-state index contributed by atoms with van der Waals surface area (Å²) in [6, 6.07) is 3.00. The Morgan fingerprint density at radius 2 is 2.19 bits per heavy atom. The molecule has 0 saturated carbocycles. The highest BCUT2D eigenvalue weighted by molar-refractivity contribution is 7.18. The van der Waals surface area contributed by atoms with Crippen molar-refractivity contribution < 1.29 is 14.7 Å². The lowest BCUT2D eigenvalue weighted by atomic mass is 10.4. The summed E-state index contributed by atoms with van der Waals surface area (Å²) in [5, 5.41) is 13.4. The Morgan fingerprint density at radius 3 is 2.75 bits per heavy atom. The number of nitrogens with one attached hydrogen (secondary N) is 1. The Bertz CT molecular complexity index is 519. The van der Waals surface area contributed by atoms with Crippen LogP contribution in [0, 0.1) is 0 Å². The number of carbonyl (C=O) groups is 2. The van der Waals surface area contributed by atoms with E-state index in [1.807, 2.05) is 0 Å². The van der Waals surface area contributed by atoms with Crippen LogP contribution in [-0.4, -0.2) is 22.0 Å². The van der Waals surface area contributed by atoms with Gasteiger partial charge in [0.2, 0.25) is 0 Å². The van der Waals surface area contributed by atoms with Crippen molar-refractivity contribution in [2.45, 2.75) is 0 Å². The lowest BCUT2D eigenvalue weighted by Crippen LogP contribution is -2.10. The summed E-state index contributed by atoms with van der Waals surface area (Å²) in [5.74, 6) is -1.33. The summed E-state index contributed by atoms with van der Waals surface area (Å²) in [6.45, 7) is 0. The van der Waals surface area contributed by atoms with Crippen molar-refractivity contribution in [1.29, 1.82) is 0 Å². The number of rotatable bonds is 3. The van der Waals surface area contributed by atoms with Crippen LogP contribution in [0.25, 0.3) is 0 Å². The SMILES string of the molecule is O=C(Nc1ccc(C(=O)O)s1)c1cscn1. The predicted octanol–water partition coefficient (Wildman–Crippen LogP) is 2.16. The number of hydrogen-bond donors (Lipinski definition) is 2. The second kappa shape index (κ2) is 4.42. The molecule has 5 nitrogen and oxygen atoms in total. The second-order valence-corrected chi connectivity index (χ2v) is 4.60. The van der Waals surface area contributed by atoms with Crippen molar-refractivity contribution in [3.63, 3.8) is 0 Å². The molecule has 0 aliphatic rings. The minimum atomic E-state index is -1.00. The molecule has 0 bridgehead atoms. The number of carboxylic acid groups (broad SMARTS) is 1. The van der Waals surface area contributed by atoms with Gasteiger partial charge < -0.3 is 10.4 Å². The molecule has 0 aromatic carbocycles. The van der Waals surface area contributed by atoms with Crippen molar-refractivity contribution in [1.82, 2.24) is 4.98 Å². The number of amides is 1. The summed E-state index contributed by atoms with van der Waals surface area (Å²) < 4.78 is 0. The largest absolute Gasteiger partial charge is 0.477 e. The molecule has 0 unspecified atom stereocenters. The molecule has 0 spiro atoms. The number of carbonyl (C=O) groups excluding carboxylic acids is 1. The zero-order chi connectivity index (χ0) is 11.5. The van der Waals surface area contributed by atoms with Crippen molar-refractivity contribution in [3.8, 4) is 0 Å². The Labute approximate surface area is 98.4 Å². The molecule has 0 aliphatic heterocycles. The second-order valence-electron chi connectivity index (χ2n) is 2.80. The van der Waals surface area contributed by atoms with Crippen molar-refractivity contribution >= 4 is 39.6 Å². The average Bonchev–Trinajstić information content (AvgIpc) is 2.87. The fourth-order valence-electron chi connectivity index (χ4n) is 1.02. The van der Waals surface area contributed by atoms with Gasteiger partial charge >= 0.3 is 5.97 Å². The Kier molecular flexibility index (Phi) is 2.97. The van der Waals surface area contributed by atoms with Crippen LogP contribution in [0.15, 0.2) is 23.0 Å². The first kappa shape index (κ1) is 10.8. The standard InChI is InChI=1S/C9H6N2O3S2/c12-8(5-3-15-4-10-5)11-7-2-1-6(16-7)9(13)14/h1-4H,(H,11,12)(H,13,14). The third-order valence-electron chi connectivity index (χ3n) is 1.72. The number of hydrogen-bond acceptors (Lipinski definition) is 5. The number of aromatic nitrogens is 1. The number of anilines is 1. The molecule has 2 heterocycles. The maximum atomic E-state index is 11.5. The van der Waals surface area contributed by atoms with Gasteiger partial charge in [-0.25, -0.2) is 9.78 Å². The molecule has 7 heteroatoms. The summed E-state index contributed by atoms with van der Waals surface area (Å²) in [6.07, 6.45) is 0. The monoisotopic (exact) mass is 254 g/mol. The molecule has 2 rings (SSSR count). The number of thiazole rings is 1. The van der Waals surface area contributed by atoms with Crippen LogP contribution in [0.2, 0.25) is 0 Å². The molecule has 82 valence electrons. The number of carboxylic acids is 1. The van der Waals surface area contributed by atoms with Crippen molar-refractivity contribution in [2.24, 2.45) is 0 Å². The molecule has 2 aromatic rings. The third-order valence-corrected chi connectivity index (χ3v) is 3.29. The quantitative estimate of drug-likeness (QED) is 0.879.